The molecule has 1 aromatic heterocycles. The Labute approximate surface area is 141 Å². The summed E-state index contributed by atoms with van der Waals surface area (Å²) in [6, 6.07) is 5.62. The minimum absolute atomic E-state index is 0.0104. The number of rotatable bonds is 6. The van der Waals surface area contributed by atoms with Crippen LogP contribution in [0.25, 0.3) is 6.08 Å². The molecule has 1 amide bonds. The molecule has 0 fully saturated rings. The summed E-state index contributed by atoms with van der Waals surface area (Å²) in [4.78, 5) is 16.4. The summed E-state index contributed by atoms with van der Waals surface area (Å²) >= 11 is 0. The largest absolute Gasteiger partial charge is 0.494 e. The number of aromatic nitrogens is 2. The highest BCUT2D eigenvalue weighted by Gasteiger charge is 2.19. The Morgan fingerprint density at radius 3 is 3.12 bits per heavy atom. The van der Waals surface area contributed by atoms with Crippen LogP contribution < -0.4 is 14.8 Å². The van der Waals surface area contributed by atoms with Crippen molar-refractivity contribution in [1.29, 1.82) is 0 Å². The lowest BCUT2D eigenvalue weighted by Gasteiger charge is -2.20. The second-order valence-electron chi connectivity index (χ2n) is 5.72. The molecule has 2 heterocycles. The number of nitrogens with zero attached hydrogens (tertiary/aromatic N) is 2. The molecule has 2 aromatic rings. The van der Waals surface area contributed by atoms with E-state index in [2.05, 4.69) is 10.3 Å². The van der Waals surface area contributed by atoms with Gasteiger partial charge in [-0.2, -0.15) is 0 Å². The molecule has 1 atom stereocenters. The number of fused-ring (bicyclic) bond motifs is 1. The lowest BCUT2D eigenvalue weighted by molar-refractivity contribution is -0.118. The van der Waals surface area contributed by atoms with E-state index in [9.17, 15) is 4.79 Å². The molecule has 0 spiro atoms. The Bertz CT molecular complexity index is 738. The summed E-state index contributed by atoms with van der Waals surface area (Å²) < 4.78 is 13.1. The van der Waals surface area contributed by atoms with Gasteiger partial charge in [-0.15, -0.1) is 0 Å². The van der Waals surface area contributed by atoms with Crippen molar-refractivity contribution >= 4 is 12.0 Å². The summed E-state index contributed by atoms with van der Waals surface area (Å²) in [7, 11) is 0. The molecule has 0 bridgehead atoms. The quantitative estimate of drug-likeness (QED) is 0.884. The number of carbonyl (C=O) groups is 1. The molecule has 0 aliphatic carbocycles. The van der Waals surface area contributed by atoms with Crippen molar-refractivity contribution < 1.29 is 14.3 Å². The van der Waals surface area contributed by atoms with Crippen molar-refractivity contribution in [3.8, 4) is 11.5 Å². The van der Waals surface area contributed by atoms with Crippen molar-refractivity contribution in [2.24, 2.45) is 0 Å². The van der Waals surface area contributed by atoms with E-state index in [1.165, 1.54) is 0 Å². The van der Waals surface area contributed by atoms with Gasteiger partial charge in [0.2, 0.25) is 0 Å². The van der Waals surface area contributed by atoms with Crippen LogP contribution in [0.1, 0.15) is 19.4 Å². The summed E-state index contributed by atoms with van der Waals surface area (Å²) in [5.41, 5.74) is 1.47. The number of benzene rings is 1. The Morgan fingerprint density at radius 2 is 2.38 bits per heavy atom. The van der Waals surface area contributed by atoms with Gasteiger partial charge in [0.1, 0.15) is 18.1 Å². The van der Waals surface area contributed by atoms with Crippen LogP contribution in [0.4, 0.5) is 0 Å². The van der Waals surface area contributed by atoms with Crippen LogP contribution in [0.15, 0.2) is 42.5 Å². The smallest absolute Gasteiger partial charge is 0.250 e. The number of hydrogen-bond acceptors (Lipinski definition) is 4. The normalized spacial score (nSPS) is 14.2. The minimum Gasteiger partial charge on any atom is -0.494 e. The molecule has 1 aliphatic rings. The van der Waals surface area contributed by atoms with E-state index in [0.717, 1.165) is 17.1 Å². The lowest BCUT2D eigenvalue weighted by Crippen LogP contribution is -2.37. The van der Waals surface area contributed by atoms with Crippen molar-refractivity contribution in [3.05, 3.63) is 48.1 Å². The Morgan fingerprint density at radius 1 is 1.50 bits per heavy atom. The molecule has 1 aromatic carbocycles. The van der Waals surface area contributed by atoms with Gasteiger partial charge in [0, 0.05) is 30.5 Å². The van der Waals surface area contributed by atoms with Crippen molar-refractivity contribution in [3.63, 3.8) is 0 Å². The van der Waals surface area contributed by atoms with Gasteiger partial charge >= 0.3 is 0 Å². The van der Waals surface area contributed by atoms with Gasteiger partial charge in [-0.25, -0.2) is 4.98 Å². The van der Waals surface area contributed by atoms with E-state index in [4.69, 9.17) is 9.47 Å². The third kappa shape index (κ3) is 3.76. The van der Waals surface area contributed by atoms with Crippen LogP contribution in [0.5, 0.6) is 11.5 Å². The molecule has 0 saturated heterocycles. The van der Waals surface area contributed by atoms with Gasteiger partial charge in [0.05, 0.1) is 18.5 Å². The van der Waals surface area contributed by atoms with Crippen molar-refractivity contribution in [1.82, 2.24) is 14.9 Å². The van der Waals surface area contributed by atoms with Crippen LogP contribution in [0, 0.1) is 0 Å². The maximum absolute atomic E-state index is 12.4. The fourth-order valence-electron chi connectivity index (χ4n) is 2.62. The second-order valence-corrected chi connectivity index (χ2v) is 5.72. The Hall–Kier alpha value is -2.76. The van der Waals surface area contributed by atoms with E-state index in [1.54, 1.807) is 12.5 Å². The molecule has 1 aliphatic heterocycles. The van der Waals surface area contributed by atoms with Gasteiger partial charge in [-0.05, 0) is 38.1 Å². The molecule has 3 rings (SSSR count). The van der Waals surface area contributed by atoms with E-state index < -0.39 is 0 Å². The number of imidazole rings is 1. The van der Waals surface area contributed by atoms with Crippen molar-refractivity contribution in [2.75, 3.05) is 13.2 Å². The molecule has 1 N–H and O–H groups in total. The molecule has 126 valence electrons. The highest BCUT2D eigenvalue weighted by molar-refractivity contribution is 5.99. The molecule has 0 saturated carbocycles. The van der Waals surface area contributed by atoms with Gasteiger partial charge in [-0.1, -0.05) is 0 Å². The van der Waals surface area contributed by atoms with Crippen LogP contribution in [0.2, 0.25) is 0 Å². The first kappa shape index (κ1) is 16.1. The highest BCUT2D eigenvalue weighted by atomic mass is 16.5. The number of hydrogen-bond donors (Lipinski definition) is 1. The molecule has 6 heteroatoms. The fraction of sp³-hybridized carbons (Fsp3) is 0.333. The van der Waals surface area contributed by atoms with Crippen LogP contribution in [0.3, 0.4) is 0 Å². The monoisotopic (exact) mass is 327 g/mol. The maximum atomic E-state index is 12.4. The zero-order valence-corrected chi connectivity index (χ0v) is 13.9. The number of nitrogens with one attached hydrogen (secondary N) is 1. The second kappa shape index (κ2) is 7.21. The van der Waals surface area contributed by atoms with Gasteiger partial charge < -0.3 is 19.4 Å². The van der Waals surface area contributed by atoms with E-state index in [1.807, 2.05) is 48.9 Å². The zero-order valence-electron chi connectivity index (χ0n) is 13.9. The van der Waals surface area contributed by atoms with Gasteiger partial charge in [0.15, 0.2) is 0 Å². The summed E-state index contributed by atoms with van der Waals surface area (Å²) in [6.45, 7) is 5.44. The fourth-order valence-corrected chi connectivity index (χ4v) is 2.62. The van der Waals surface area contributed by atoms with E-state index >= 15 is 0 Å². The maximum Gasteiger partial charge on any atom is 0.250 e. The third-order valence-corrected chi connectivity index (χ3v) is 3.72. The first-order valence-electron chi connectivity index (χ1n) is 8.02. The Kier molecular flexibility index (Phi) is 4.84. The van der Waals surface area contributed by atoms with Gasteiger partial charge in [-0.3, -0.25) is 4.79 Å². The minimum atomic E-state index is -0.116. The summed E-state index contributed by atoms with van der Waals surface area (Å²) in [5.74, 6) is 1.42. The SMILES string of the molecule is CCOc1ccc2c(c1)C=C(C(=O)N[C@@H](C)Cn1ccnc1)CO2. The third-order valence-electron chi connectivity index (χ3n) is 3.72. The first-order valence-corrected chi connectivity index (χ1v) is 8.02. The molecular formula is C18H21N3O3. The number of ether oxygens (including phenoxy) is 2. The first-order chi connectivity index (χ1) is 11.7. The van der Waals surface area contributed by atoms with Gasteiger partial charge in [0.25, 0.3) is 5.91 Å². The molecule has 0 unspecified atom stereocenters. The van der Waals surface area contributed by atoms with E-state index in [-0.39, 0.29) is 18.6 Å². The molecule has 24 heavy (non-hydrogen) atoms. The zero-order chi connectivity index (χ0) is 16.9. The molecule has 6 nitrogen and oxygen atoms in total. The predicted molar refractivity (Wildman–Crippen MR) is 90.9 cm³/mol. The van der Waals surface area contributed by atoms with Crippen LogP contribution in [-0.4, -0.2) is 34.7 Å². The summed E-state index contributed by atoms with van der Waals surface area (Å²) in [6.07, 6.45) is 7.19. The van der Waals surface area contributed by atoms with E-state index in [0.29, 0.717) is 18.7 Å². The standard InChI is InChI=1S/C18H21N3O3/c1-3-23-16-4-5-17-14(9-16)8-15(11-24-17)18(22)20-13(2)10-21-7-6-19-12-21/h4-9,12-13H,3,10-11H2,1-2H3,(H,20,22)/t13-/m0/s1. The average molecular weight is 327 g/mol. The average Bonchev–Trinajstić information content (AvgIpc) is 3.07. The topological polar surface area (TPSA) is 65.4 Å². The summed E-state index contributed by atoms with van der Waals surface area (Å²) in [5, 5.41) is 2.99. The highest BCUT2D eigenvalue weighted by Crippen LogP contribution is 2.30. The number of carbonyl (C=O) groups excluding carboxylic acids is 1. The lowest BCUT2D eigenvalue weighted by atomic mass is 10.1. The van der Waals surface area contributed by atoms with Crippen molar-refractivity contribution in [2.45, 2.75) is 26.4 Å². The number of amides is 1. The molecular weight excluding hydrogens is 306 g/mol. The molecule has 0 radical (unpaired) electrons. The van der Waals surface area contributed by atoms with Crippen LogP contribution in [-0.2, 0) is 11.3 Å². The van der Waals surface area contributed by atoms with Crippen LogP contribution >= 0.6 is 0 Å². The Balaban J connectivity index is 1.67. The predicted octanol–water partition coefficient (Wildman–Crippen LogP) is 2.26.